The summed E-state index contributed by atoms with van der Waals surface area (Å²) in [4.78, 5) is 11.5. The first-order chi connectivity index (χ1) is 8.25. The summed E-state index contributed by atoms with van der Waals surface area (Å²) in [7, 11) is 0. The van der Waals surface area contributed by atoms with E-state index in [1.807, 2.05) is 0 Å². The van der Waals surface area contributed by atoms with Gasteiger partial charge in [0.1, 0.15) is 12.7 Å². The van der Waals surface area contributed by atoms with E-state index in [-0.39, 0.29) is 11.5 Å². The number of benzene rings is 1. The van der Waals surface area contributed by atoms with Gasteiger partial charge in [-0.15, -0.1) is 0 Å². The van der Waals surface area contributed by atoms with Gasteiger partial charge in [0, 0.05) is 6.54 Å². The zero-order chi connectivity index (χ0) is 12.1. The van der Waals surface area contributed by atoms with E-state index in [2.05, 4.69) is 20.3 Å². The molecule has 0 aliphatic carbocycles. The SMILES string of the molecule is Oc1ccc(CCNc2ncncn2)cc1O. The number of nitrogens with one attached hydrogen (secondary N) is 1. The second-order valence-electron chi connectivity index (χ2n) is 3.46. The van der Waals surface area contributed by atoms with Crippen LogP contribution in [0.1, 0.15) is 5.56 Å². The summed E-state index contributed by atoms with van der Waals surface area (Å²) < 4.78 is 0. The van der Waals surface area contributed by atoms with E-state index in [9.17, 15) is 5.11 Å². The molecule has 0 atom stereocenters. The fourth-order valence-electron chi connectivity index (χ4n) is 1.37. The third-order valence-electron chi connectivity index (χ3n) is 2.23. The van der Waals surface area contributed by atoms with Gasteiger partial charge in [-0.3, -0.25) is 0 Å². The van der Waals surface area contributed by atoms with Crippen molar-refractivity contribution in [2.24, 2.45) is 0 Å². The van der Waals surface area contributed by atoms with Crippen LogP contribution in [0.4, 0.5) is 5.95 Å². The highest BCUT2D eigenvalue weighted by Crippen LogP contribution is 2.24. The molecule has 3 N–H and O–H groups in total. The summed E-state index contributed by atoms with van der Waals surface area (Å²) in [5, 5.41) is 21.5. The standard InChI is InChI=1S/C11H12N4O2/c16-9-2-1-8(5-10(9)17)3-4-13-11-14-6-12-7-15-11/h1-2,5-7,16-17H,3-4H2,(H,12,13,14,15). The first kappa shape index (κ1) is 11.1. The van der Waals surface area contributed by atoms with Gasteiger partial charge in [-0.05, 0) is 24.1 Å². The minimum Gasteiger partial charge on any atom is -0.504 e. The highest BCUT2D eigenvalue weighted by molar-refractivity contribution is 5.40. The number of aromatic nitrogens is 3. The maximum Gasteiger partial charge on any atom is 0.225 e. The van der Waals surface area contributed by atoms with Gasteiger partial charge in [0.25, 0.3) is 0 Å². The number of aromatic hydroxyl groups is 2. The fourth-order valence-corrected chi connectivity index (χ4v) is 1.37. The largest absolute Gasteiger partial charge is 0.504 e. The van der Waals surface area contributed by atoms with Crippen molar-refractivity contribution in [1.82, 2.24) is 15.0 Å². The Morgan fingerprint density at radius 2 is 1.82 bits per heavy atom. The molecule has 17 heavy (non-hydrogen) atoms. The maximum absolute atomic E-state index is 9.31. The number of hydrogen-bond acceptors (Lipinski definition) is 6. The van der Waals surface area contributed by atoms with Gasteiger partial charge in [-0.2, -0.15) is 0 Å². The molecule has 0 saturated heterocycles. The van der Waals surface area contributed by atoms with Crippen LogP contribution in [-0.2, 0) is 6.42 Å². The molecule has 2 rings (SSSR count). The van der Waals surface area contributed by atoms with Crippen LogP contribution < -0.4 is 5.32 Å². The molecule has 0 unspecified atom stereocenters. The normalized spacial score (nSPS) is 10.1. The zero-order valence-electron chi connectivity index (χ0n) is 9.04. The van der Waals surface area contributed by atoms with Crippen LogP contribution in [0.3, 0.4) is 0 Å². The third-order valence-corrected chi connectivity index (χ3v) is 2.23. The Balaban J connectivity index is 1.88. The average Bonchev–Trinajstić information content (AvgIpc) is 2.35. The molecule has 88 valence electrons. The summed E-state index contributed by atoms with van der Waals surface area (Å²) in [6, 6.07) is 4.75. The minimum atomic E-state index is -0.112. The Morgan fingerprint density at radius 3 is 2.53 bits per heavy atom. The first-order valence-corrected chi connectivity index (χ1v) is 5.12. The Morgan fingerprint density at radius 1 is 1.06 bits per heavy atom. The molecule has 0 bridgehead atoms. The summed E-state index contributed by atoms with van der Waals surface area (Å²) in [5.41, 5.74) is 0.918. The topological polar surface area (TPSA) is 91.2 Å². The zero-order valence-corrected chi connectivity index (χ0v) is 9.04. The van der Waals surface area contributed by atoms with Crippen LogP contribution in [-0.4, -0.2) is 31.7 Å². The summed E-state index contributed by atoms with van der Waals surface area (Å²) in [6.45, 7) is 0.633. The van der Waals surface area contributed by atoms with Crippen molar-refractivity contribution < 1.29 is 10.2 Å². The fraction of sp³-hybridized carbons (Fsp3) is 0.182. The maximum atomic E-state index is 9.31. The molecule has 0 spiro atoms. The van der Waals surface area contributed by atoms with Gasteiger partial charge in [-0.25, -0.2) is 15.0 Å². The number of nitrogens with zero attached hydrogens (tertiary/aromatic N) is 3. The molecule has 1 aromatic heterocycles. The van der Waals surface area contributed by atoms with Gasteiger partial charge < -0.3 is 15.5 Å². The summed E-state index contributed by atoms with van der Waals surface area (Å²) in [6.07, 6.45) is 3.53. The molecule has 0 saturated carbocycles. The lowest BCUT2D eigenvalue weighted by Crippen LogP contribution is -2.07. The van der Waals surface area contributed by atoms with E-state index in [0.29, 0.717) is 18.9 Å². The van der Waals surface area contributed by atoms with E-state index in [1.165, 1.54) is 24.8 Å². The van der Waals surface area contributed by atoms with Gasteiger partial charge >= 0.3 is 0 Å². The first-order valence-electron chi connectivity index (χ1n) is 5.12. The van der Waals surface area contributed by atoms with Crippen molar-refractivity contribution in [2.75, 3.05) is 11.9 Å². The summed E-state index contributed by atoms with van der Waals surface area (Å²) in [5.74, 6) is 0.296. The van der Waals surface area contributed by atoms with Gasteiger partial charge in [0.05, 0.1) is 0 Å². The van der Waals surface area contributed by atoms with Gasteiger partial charge in [0.2, 0.25) is 5.95 Å². The molecule has 0 aliphatic heterocycles. The molecular formula is C11H12N4O2. The molecule has 6 nitrogen and oxygen atoms in total. The van der Waals surface area contributed by atoms with E-state index in [0.717, 1.165) is 5.56 Å². The predicted molar refractivity (Wildman–Crippen MR) is 61.8 cm³/mol. The smallest absolute Gasteiger partial charge is 0.225 e. The Labute approximate surface area is 98.0 Å². The molecule has 2 aromatic rings. The van der Waals surface area contributed by atoms with Crippen molar-refractivity contribution in [1.29, 1.82) is 0 Å². The quantitative estimate of drug-likeness (QED) is 0.679. The Hall–Kier alpha value is -2.37. The molecule has 1 aromatic carbocycles. The Kier molecular flexibility index (Phi) is 3.34. The highest BCUT2D eigenvalue weighted by atomic mass is 16.3. The van der Waals surface area contributed by atoms with Crippen molar-refractivity contribution in [3.63, 3.8) is 0 Å². The van der Waals surface area contributed by atoms with Crippen molar-refractivity contribution in [3.8, 4) is 11.5 Å². The van der Waals surface area contributed by atoms with E-state index >= 15 is 0 Å². The second-order valence-corrected chi connectivity index (χ2v) is 3.46. The second kappa shape index (κ2) is 5.11. The van der Waals surface area contributed by atoms with Gasteiger partial charge in [0.15, 0.2) is 11.5 Å². The molecule has 0 fully saturated rings. The molecular weight excluding hydrogens is 220 g/mol. The minimum absolute atomic E-state index is 0.109. The molecule has 1 heterocycles. The lowest BCUT2D eigenvalue weighted by molar-refractivity contribution is 0.403. The van der Waals surface area contributed by atoms with Crippen LogP contribution in [0.25, 0.3) is 0 Å². The number of phenols is 2. The monoisotopic (exact) mass is 232 g/mol. The average molecular weight is 232 g/mol. The number of anilines is 1. The van der Waals surface area contributed by atoms with Crippen LogP contribution in [0, 0.1) is 0 Å². The van der Waals surface area contributed by atoms with Crippen LogP contribution >= 0.6 is 0 Å². The van der Waals surface area contributed by atoms with E-state index in [1.54, 1.807) is 6.07 Å². The van der Waals surface area contributed by atoms with E-state index in [4.69, 9.17) is 5.11 Å². The highest BCUT2D eigenvalue weighted by Gasteiger charge is 2.00. The Bertz CT molecular complexity index is 490. The number of rotatable bonds is 4. The van der Waals surface area contributed by atoms with Crippen molar-refractivity contribution in [3.05, 3.63) is 36.4 Å². The van der Waals surface area contributed by atoms with Crippen molar-refractivity contribution in [2.45, 2.75) is 6.42 Å². The number of hydrogen-bond donors (Lipinski definition) is 3. The van der Waals surface area contributed by atoms with E-state index < -0.39 is 0 Å². The van der Waals surface area contributed by atoms with Crippen molar-refractivity contribution >= 4 is 5.95 Å². The lowest BCUT2D eigenvalue weighted by Gasteiger charge is -2.05. The lowest BCUT2D eigenvalue weighted by atomic mass is 10.1. The van der Waals surface area contributed by atoms with Crippen LogP contribution in [0.5, 0.6) is 11.5 Å². The molecule has 0 aliphatic rings. The predicted octanol–water partition coefficient (Wildman–Crippen LogP) is 0.937. The number of phenolic OH excluding ortho intramolecular Hbond substituents is 2. The van der Waals surface area contributed by atoms with Crippen LogP contribution in [0.15, 0.2) is 30.9 Å². The summed E-state index contributed by atoms with van der Waals surface area (Å²) >= 11 is 0. The third kappa shape index (κ3) is 3.04. The molecule has 6 heteroatoms. The molecule has 0 amide bonds. The van der Waals surface area contributed by atoms with Gasteiger partial charge in [-0.1, -0.05) is 6.07 Å². The molecule has 0 radical (unpaired) electrons. The van der Waals surface area contributed by atoms with Crippen LogP contribution in [0.2, 0.25) is 0 Å².